The molecular weight excluding hydrogens is 389 g/mol. The Morgan fingerprint density at radius 3 is 2.56 bits per heavy atom. The maximum Gasteiger partial charge on any atom is 0.422 e. The standard InChI is InChI=1S/C20H19Cl2NO4/c1-12-5-6-15(9-13(12)2)26-8-4-3-7-23-18-16(19(24)27-20(23)25)10-14(21)11-17(18)22/h5-6,9-11H,3-4,7-8H2,1-2H3. The molecule has 5 nitrogen and oxygen atoms in total. The van der Waals surface area contributed by atoms with Crippen LogP contribution in [0.25, 0.3) is 10.9 Å². The number of rotatable bonds is 6. The summed E-state index contributed by atoms with van der Waals surface area (Å²) in [7, 11) is 0. The first kappa shape index (κ1) is 19.5. The number of aromatic nitrogens is 1. The van der Waals surface area contributed by atoms with Crippen LogP contribution in [0.1, 0.15) is 24.0 Å². The molecule has 0 aliphatic heterocycles. The third-order valence-corrected chi connectivity index (χ3v) is 4.95. The Morgan fingerprint density at radius 2 is 1.81 bits per heavy atom. The number of halogens is 2. The largest absolute Gasteiger partial charge is 0.494 e. The van der Waals surface area contributed by atoms with Gasteiger partial charge in [-0.05, 0) is 62.1 Å². The van der Waals surface area contributed by atoms with Gasteiger partial charge in [0, 0.05) is 11.6 Å². The second-order valence-corrected chi connectivity index (χ2v) is 7.24. The Kier molecular flexibility index (Phi) is 5.92. The van der Waals surface area contributed by atoms with Gasteiger partial charge in [0.05, 0.1) is 22.5 Å². The van der Waals surface area contributed by atoms with Crippen LogP contribution in [0.3, 0.4) is 0 Å². The Morgan fingerprint density at radius 1 is 1.04 bits per heavy atom. The summed E-state index contributed by atoms with van der Waals surface area (Å²) in [6, 6.07) is 8.92. The normalized spacial score (nSPS) is 11.1. The minimum absolute atomic E-state index is 0.193. The van der Waals surface area contributed by atoms with Crippen molar-refractivity contribution < 1.29 is 9.15 Å². The van der Waals surface area contributed by atoms with Crippen LogP contribution in [0.4, 0.5) is 0 Å². The van der Waals surface area contributed by atoms with Gasteiger partial charge >= 0.3 is 11.4 Å². The summed E-state index contributed by atoms with van der Waals surface area (Å²) in [5.41, 5.74) is 2.00. The average Bonchev–Trinajstić information content (AvgIpc) is 2.60. The molecule has 3 rings (SSSR count). The fraction of sp³-hybridized carbons (Fsp3) is 0.300. The van der Waals surface area contributed by atoms with Crippen molar-refractivity contribution in [1.82, 2.24) is 4.57 Å². The molecule has 7 heteroatoms. The van der Waals surface area contributed by atoms with Gasteiger partial charge in [0.25, 0.3) is 0 Å². The van der Waals surface area contributed by atoms with Gasteiger partial charge in [-0.3, -0.25) is 4.57 Å². The molecule has 27 heavy (non-hydrogen) atoms. The van der Waals surface area contributed by atoms with Crippen molar-refractivity contribution in [3.63, 3.8) is 0 Å². The van der Waals surface area contributed by atoms with E-state index in [0.29, 0.717) is 30.1 Å². The van der Waals surface area contributed by atoms with E-state index in [1.165, 1.54) is 27.8 Å². The molecule has 142 valence electrons. The topological polar surface area (TPSA) is 61.4 Å². The molecule has 0 spiro atoms. The highest BCUT2D eigenvalue weighted by Gasteiger charge is 2.13. The van der Waals surface area contributed by atoms with Crippen LogP contribution in [0.15, 0.2) is 44.3 Å². The van der Waals surface area contributed by atoms with Gasteiger partial charge in [0.1, 0.15) is 5.75 Å². The Hall–Kier alpha value is -2.24. The summed E-state index contributed by atoms with van der Waals surface area (Å²) < 4.78 is 11.9. The summed E-state index contributed by atoms with van der Waals surface area (Å²) in [5, 5.41) is 0.749. The fourth-order valence-electron chi connectivity index (χ4n) is 2.85. The van der Waals surface area contributed by atoms with Crippen LogP contribution >= 0.6 is 23.2 Å². The Balaban J connectivity index is 1.69. The molecule has 0 aliphatic rings. The quantitative estimate of drug-likeness (QED) is 0.553. The van der Waals surface area contributed by atoms with Gasteiger partial charge in [-0.2, -0.15) is 0 Å². The number of hydrogen-bond donors (Lipinski definition) is 0. The summed E-state index contributed by atoms with van der Waals surface area (Å²) in [6.45, 7) is 4.97. The lowest BCUT2D eigenvalue weighted by atomic mass is 10.1. The van der Waals surface area contributed by atoms with Crippen LogP contribution in [0.5, 0.6) is 5.75 Å². The molecule has 0 aliphatic carbocycles. The first-order valence-electron chi connectivity index (χ1n) is 8.59. The third kappa shape index (κ3) is 4.37. The zero-order valence-corrected chi connectivity index (χ0v) is 16.6. The molecule has 1 heterocycles. The van der Waals surface area contributed by atoms with E-state index in [1.54, 1.807) is 0 Å². The van der Waals surface area contributed by atoms with Crippen LogP contribution < -0.4 is 16.1 Å². The highest BCUT2D eigenvalue weighted by Crippen LogP contribution is 2.25. The van der Waals surface area contributed by atoms with Gasteiger partial charge in [-0.15, -0.1) is 0 Å². The number of fused-ring (bicyclic) bond motifs is 1. The van der Waals surface area contributed by atoms with Crippen molar-refractivity contribution in [2.45, 2.75) is 33.2 Å². The predicted octanol–water partition coefficient (Wildman–Crippen LogP) is 4.74. The average molecular weight is 408 g/mol. The van der Waals surface area contributed by atoms with Crippen molar-refractivity contribution in [3.8, 4) is 5.75 Å². The number of aryl methyl sites for hydroxylation is 3. The maximum atomic E-state index is 12.1. The molecule has 0 saturated heterocycles. The molecular formula is C20H19Cl2NO4. The molecule has 0 N–H and O–H groups in total. The van der Waals surface area contributed by atoms with Crippen molar-refractivity contribution in [2.75, 3.05) is 6.61 Å². The molecule has 3 aromatic rings. The van der Waals surface area contributed by atoms with E-state index in [2.05, 4.69) is 6.92 Å². The Bertz CT molecular complexity index is 1100. The fourth-order valence-corrected chi connectivity index (χ4v) is 3.44. The van der Waals surface area contributed by atoms with Crippen molar-refractivity contribution in [3.05, 3.63) is 72.5 Å². The van der Waals surface area contributed by atoms with E-state index in [-0.39, 0.29) is 10.4 Å². The van der Waals surface area contributed by atoms with Crippen LogP contribution in [-0.2, 0) is 6.54 Å². The summed E-state index contributed by atoms with van der Waals surface area (Å²) in [5.74, 6) is 0.0934. The zero-order chi connectivity index (χ0) is 19.6. The van der Waals surface area contributed by atoms with Crippen LogP contribution in [-0.4, -0.2) is 11.2 Å². The lowest BCUT2D eigenvalue weighted by molar-refractivity contribution is 0.300. The maximum absolute atomic E-state index is 12.1. The lowest BCUT2D eigenvalue weighted by Gasteiger charge is -2.11. The highest BCUT2D eigenvalue weighted by molar-refractivity contribution is 6.38. The second kappa shape index (κ2) is 8.19. The number of benzene rings is 2. The lowest BCUT2D eigenvalue weighted by Crippen LogP contribution is -2.25. The van der Waals surface area contributed by atoms with Crippen LogP contribution in [0.2, 0.25) is 10.0 Å². The van der Waals surface area contributed by atoms with Crippen molar-refractivity contribution in [1.29, 1.82) is 0 Å². The first-order chi connectivity index (χ1) is 12.9. The number of unbranched alkanes of at least 4 members (excludes halogenated alkanes) is 1. The third-order valence-electron chi connectivity index (χ3n) is 4.44. The van der Waals surface area contributed by atoms with E-state index in [0.717, 1.165) is 12.2 Å². The van der Waals surface area contributed by atoms with Gasteiger partial charge < -0.3 is 9.15 Å². The molecule has 0 unspecified atom stereocenters. The molecule has 0 saturated carbocycles. The van der Waals surface area contributed by atoms with E-state index in [4.69, 9.17) is 32.4 Å². The number of ether oxygens (including phenoxy) is 1. The first-order valence-corrected chi connectivity index (χ1v) is 9.35. The summed E-state index contributed by atoms with van der Waals surface area (Å²) in [4.78, 5) is 24.0. The number of nitrogens with zero attached hydrogens (tertiary/aromatic N) is 1. The van der Waals surface area contributed by atoms with E-state index >= 15 is 0 Å². The molecule has 0 radical (unpaired) electrons. The molecule has 0 amide bonds. The minimum Gasteiger partial charge on any atom is -0.494 e. The highest BCUT2D eigenvalue weighted by atomic mass is 35.5. The Labute approximate surface area is 166 Å². The SMILES string of the molecule is Cc1ccc(OCCCCn2c(=O)oc(=O)c3cc(Cl)cc(Cl)c32)cc1C. The molecule has 1 aromatic heterocycles. The van der Waals surface area contributed by atoms with E-state index in [9.17, 15) is 9.59 Å². The predicted molar refractivity (Wildman–Crippen MR) is 107 cm³/mol. The van der Waals surface area contributed by atoms with Crippen LogP contribution in [0, 0.1) is 13.8 Å². The summed E-state index contributed by atoms with van der Waals surface area (Å²) >= 11 is 12.2. The molecule has 0 bridgehead atoms. The van der Waals surface area contributed by atoms with Gasteiger partial charge in [0.2, 0.25) is 0 Å². The zero-order valence-electron chi connectivity index (χ0n) is 15.1. The van der Waals surface area contributed by atoms with E-state index in [1.807, 2.05) is 25.1 Å². The van der Waals surface area contributed by atoms with Crippen molar-refractivity contribution >= 4 is 34.1 Å². The number of hydrogen-bond acceptors (Lipinski definition) is 4. The molecule has 0 atom stereocenters. The van der Waals surface area contributed by atoms with Gasteiger partial charge in [-0.25, -0.2) is 9.59 Å². The smallest absolute Gasteiger partial charge is 0.422 e. The minimum atomic E-state index is -0.742. The van der Waals surface area contributed by atoms with Gasteiger partial charge in [-0.1, -0.05) is 29.3 Å². The summed E-state index contributed by atoms with van der Waals surface area (Å²) in [6.07, 6.45) is 1.39. The van der Waals surface area contributed by atoms with Crippen molar-refractivity contribution in [2.24, 2.45) is 0 Å². The molecule has 2 aromatic carbocycles. The second-order valence-electron chi connectivity index (χ2n) is 6.39. The van der Waals surface area contributed by atoms with E-state index < -0.39 is 11.4 Å². The monoisotopic (exact) mass is 407 g/mol. The molecule has 0 fully saturated rings. The van der Waals surface area contributed by atoms with Gasteiger partial charge in [0.15, 0.2) is 0 Å².